The lowest BCUT2D eigenvalue weighted by Gasteiger charge is -2.10. The zero-order chi connectivity index (χ0) is 9.30. The number of pyridine rings is 1. The van der Waals surface area contributed by atoms with Crippen LogP contribution >= 0.6 is 27.5 Å². The van der Waals surface area contributed by atoms with Gasteiger partial charge in [0.05, 0.1) is 10.2 Å². The van der Waals surface area contributed by atoms with Gasteiger partial charge in [-0.05, 0) is 27.4 Å². The van der Waals surface area contributed by atoms with Crippen LogP contribution in [0.3, 0.4) is 0 Å². The molecule has 2 nitrogen and oxygen atoms in total. The van der Waals surface area contributed by atoms with E-state index in [1.165, 1.54) is 0 Å². The van der Waals surface area contributed by atoms with Crippen molar-refractivity contribution in [2.45, 2.75) is 19.8 Å². The van der Waals surface area contributed by atoms with E-state index < -0.39 is 0 Å². The summed E-state index contributed by atoms with van der Waals surface area (Å²) in [6.07, 6.45) is 1.72. The number of halogens is 2. The third-order valence-electron chi connectivity index (χ3n) is 1.67. The van der Waals surface area contributed by atoms with Gasteiger partial charge < -0.3 is 5.73 Å². The molecule has 2 N–H and O–H groups in total. The summed E-state index contributed by atoms with van der Waals surface area (Å²) in [7, 11) is 0. The first-order valence-corrected chi connectivity index (χ1v) is 4.80. The summed E-state index contributed by atoms with van der Waals surface area (Å²) in [5, 5.41) is 0.414. The topological polar surface area (TPSA) is 38.9 Å². The van der Waals surface area contributed by atoms with E-state index in [9.17, 15) is 0 Å². The molecular weight excluding hydrogens is 239 g/mol. The number of nitrogen functional groups attached to an aromatic ring is 1. The number of hydrogen-bond acceptors (Lipinski definition) is 2. The Bertz CT molecular complexity index is 299. The van der Waals surface area contributed by atoms with Crippen molar-refractivity contribution in [2.75, 3.05) is 5.73 Å². The monoisotopic (exact) mass is 248 g/mol. The molecule has 1 heterocycles. The van der Waals surface area contributed by atoms with Crippen molar-refractivity contribution in [1.82, 2.24) is 4.98 Å². The lowest BCUT2D eigenvalue weighted by Crippen LogP contribution is -1.99. The molecule has 0 aliphatic rings. The maximum absolute atomic E-state index is 5.81. The first-order valence-electron chi connectivity index (χ1n) is 3.63. The number of hydrogen-bond donors (Lipinski definition) is 1. The molecule has 0 fully saturated rings. The van der Waals surface area contributed by atoms with Gasteiger partial charge in [0.15, 0.2) is 0 Å². The Morgan fingerprint density at radius 1 is 1.58 bits per heavy atom. The van der Waals surface area contributed by atoms with Crippen LogP contribution < -0.4 is 5.73 Å². The van der Waals surface area contributed by atoms with Gasteiger partial charge in [-0.15, -0.1) is 0 Å². The molecule has 4 heteroatoms. The van der Waals surface area contributed by atoms with Crippen molar-refractivity contribution in [3.8, 4) is 0 Å². The van der Waals surface area contributed by atoms with E-state index in [1.54, 1.807) is 6.20 Å². The molecule has 1 aromatic rings. The van der Waals surface area contributed by atoms with E-state index in [-0.39, 0.29) is 0 Å². The van der Waals surface area contributed by atoms with Crippen LogP contribution in [0.4, 0.5) is 5.69 Å². The van der Waals surface area contributed by atoms with Crippen molar-refractivity contribution in [3.05, 3.63) is 21.4 Å². The summed E-state index contributed by atoms with van der Waals surface area (Å²) in [5.74, 6) is 0.367. The highest BCUT2D eigenvalue weighted by molar-refractivity contribution is 9.10. The van der Waals surface area contributed by atoms with E-state index >= 15 is 0 Å². The fraction of sp³-hybridized carbons (Fsp3) is 0.375. The van der Waals surface area contributed by atoms with Crippen molar-refractivity contribution in [3.63, 3.8) is 0 Å². The second kappa shape index (κ2) is 3.62. The highest BCUT2D eigenvalue weighted by Crippen LogP contribution is 2.32. The number of nitrogens with two attached hydrogens (primary N) is 1. The Labute approximate surface area is 85.3 Å². The number of rotatable bonds is 1. The van der Waals surface area contributed by atoms with Crippen molar-refractivity contribution in [1.29, 1.82) is 0 Å². The van der Waals surface area contributed by atoms with Gasteiger partial charge in [-0.2, -0.15) is 0 Å². The van der Waals surface area contributed by atoms with Crippen LogP contribution in [0.5, 0.6) is 0 Å². The predicted octanol–water partition coefficient (Wildman–Crippen LogP) is 3.20. The molecular formula is C8H10BrClN2. The number of anilines is 1. The fourth-order valence-electron chi connectivity index (χ4n) is 0.950. The molecule has 0 atom stereocenters. The molecule has 0 amide bonds. The molecule has 0 spiro atoms. The van der Waals surface area contributed by atoms with Gasteiger partial charge in [0.25, 0.3) is 0 Å². The lowest BCUT2D eigenvalue weighted by atomic mass is 10.0. The molecule has 0 saturated carbocycles. The minimum atomic E-state index is 0.367. The minimum Gasteiger partial charge on any atom is -0.397 e. The zero-order valence-electron chi connectivity index (χ0n) is 6.94. The number of aromatic nitrogens is 1. The van der Waals surface area contributed by atoms with Crippen molar-refractivity contribution >= 4 is 33.2 Å². The molecule has 0 aromatic carbocycles. The maximum atomic E-state index is 5.81. The summed E-state index contributed by atoms with van der Waals surface area (Å²) in [6.45, 7) is 4.13. The Balaban J connectivity index is 3.27. The van der Waals surface area contributed by atoms with Gasteiger partial charge in [0.2, 0.25) is 0 Å². The van der Waals surface area contributed by atoms with Crippen LogP contribution in [-0.2, 0) is 0 Å². The summed E-state index contributed by atoms with van der Waals surface area (Å²) >= 11 is 9.03. The lowest BCUT2D eigenvalue weighted by molar-refractivity contribution is 0.860. The normalized spacial score (nSPS) is 10.8. The van der Waals surface area contributed by atoms with Crippen molar-refractivity contribution in [2.24, 2.45) is 0 Å². The summed E-state index contributed by atoms with van der Waals surface area (Å²) in [5.41, 5.74) is 7.52. The van der Waals surface area contributed by atoms with Gasteiger partial charge in [-0.25, -0.2) is 4.98 Å². The zero-order valence-corrected chi connectivity index (χ0v) is 9.28. The van der Waals surface area contributed by atoms with Gasteiger partial charge in [0.1, 0.15) is 5.15 Å². The van der Waals surface area contributed by atoms with Crippen LogP contribution in [0, 0.1) is 0 Å². The molecule has 0 aliphatic carbocycles. The summed E-state index contributed by atoms with van der Waals surface area (Å²) in [4.78, 5) is 4.00. The van der Waals surface area contributed by atoms with E-state index in [1.807, 2.05) is 0 Å². The van der Waals surface area contributed by atoms with Gasteiger partial charge in [0, 0.05) is 6.20 Å². The first kappa shape index (κ1) is 9.81. The third kappa shape index (κ3) is 1.72. The Morgan fingerprint density at radius 3 is 2.67 bits per heavy atom. The van der Waals surface area contributed by atoms with Gasteiger partial charge in [-0.3, -0.25) is 0 Å². The summed E-state index contributed by atoms with van der Waals surface area (Å²) in [6, 6.07) is 0. The molecule has 0 saturated heterocycles. The Hall–Kier alpha value is -0.280. The van der Waals surface area contributed by atoms with Crippen LogP contribution in [0.15, 0.2) is 10.7 Å². The van der Waals surface area contributed by atoms with Crippen LogP contribution in [0.1, 0.15) is 25.3 Å². The quantitative estimate of drug-likeness (QED) is 0.776. The van der Waals surface area contributed by atoms with E-state index in [4.69, 9.17) is 17.3 Å². The molecule has 1 rings (SSSR count). The first-order chi connectivity index (χ1) is 5.54. The Morgan fingerprint density at radius 2 is 2.17 bits per heavy atom. The van der Waals surface area contributed by atoms with E-state index in [0.717, 1.165) is 5.56 Å². The fourth-order valence-corrected chi connectivity index (χ4v) is 1.43. The SMILES string of the molecule is CC(C)c1cnc(Cl)c(Br)c1N. The second-order valence-electron chi connectivity index (χ2n) is 2.89. The maximum Gasteiger partial charge on any atom is 0.145 e. The highest BCUT2D eigenvalue weighted by Gasteiger charge is 2.10. The van der Waals surface area contributed by atoms with Crippen LogP contribution in [0.25, 0.3) is 0 Å². The summed E-state index contributed by atoms with van der Waals surface area (Å²) < 4.78 is 0.690. The van der Waals surface area contributed by atoms with Gasteiger partial charge >= 0.3 is 0 Å². The van der Waals surface area contributed by atoms with Crippen LogP contribution in [-0.4, -0.2) is 4.98 Å². The van der Waals surface area contributed by atoms with E-state index in [0.29, 0.717) is 21.2 Å². The van der Waals surface area contributed by atoms with E-state index in [2.05, 4.69) is 34.8 Å². The minimum absolute atomic E-state index is 0.367. The molecule has 0 unspecified atom stereocenters. The average molecular weight is 250 g/mol. The average Bonchev–Trinajstić information content (AvgIpc) is 2.00. The Kier molecular flexibility index (Phi) is 2.96. The predicted molar refractivity (Wildman–Crippen MR) is 55.4 cm³/mol. The third-order valence-corrected chi connectivity index (χ3v) is 2.99. The van der Waals surface area contributed by atoms with Crippen molar-refractivity contribution < 1.29 is 0 Å². The standard InChI is InChI=1S/C8H10BrClN2/c1-4(2)5-3-12-8(10)6(9)7(5)11/h3-4H,1-2H3,(H2,11,12). The molecule has 0 aliphatic heterocycles. The second-order valence-corrected chi connectivity index (χ2v) is 4.04. The highest BCUT2D eigenvalue weighted by atomic mass is 79.9. The number of nitrogens with zero attached hydrogens (tertiary/aromatic N) is 1. The molecule has 1 aromatic heterocycles. The largest absolute Gasteiger partial charge is 0.397 e. The molecule has 66 valence electrons. The van der Waals surface area contributed by atoms with Gasteiger partial charge in [-0.1, -0.05) is 25.4 Å². The molecule has 0 radical (unpaired) electrons. The van der Waals surface area contributed by atoms with Crippen LogP contribution in [0.2, 0.25) is 5.15 Å². The smallest absolute Gasteiger partial charge is 0.145 e. The molecule has 0 bridgehead atoms. The molecule has 12 heavy (non-hydrogen) atoms.